The SMILES string of the molecule is N#CCCC1CCC/C1=N\O. The largest absolute Gasteiger partial charge is 0.411 e. The van der Waals surface area contributed by atoms with Gasteiger partial charge < -0.3 is 5.21 Å². The summed E-state index contributed by atoms with van der Waals surface area (Å²) in [5, 5.41) is 20.1. The number of oxime groups is 1. The first-order valence-corrected chi connectivity index (χ1v) is 3.96. The third-order valence-corrected chi connectivity index (χ3v) is 2.19. The van der Waals surface area contributed by atoms with Crippen LogP contribution in [-0.2, 0) is 0 Å². The molecule has 0 aromatic heterocycles. The second-order valence-corrected chi connectivity index (χ2v) is 2.88. The van der Waals surface area contributed by atoms with Crippen molar-refractivity contribution in [3.05, 3.63) is 0 Å². The molecule has 0 saturated heterocycles. The van der Waals surface area contributed by atoms with Gasteiger partial charge in [-0.3, -0.25) is 0 Å². The van der Waals surface area contributed by atoms with E-state index in [1.807, 2.05) is 0 Å². The summed E-state index contributed by atoms with van der Waals surface area (Å²) in [5.74, 6) is 0.375. The van der Waals surface area contributed by atoms with Crippen LogP contribution >= 0.6 is 0 Å². The lowest BCUT2D eigenvalue weighted by Gasteiger charge is -2.04. The zero-order valence-electron chi connectivity index (χ0n) is 6.45. The van der Waals surface area contributed by atoms with Gasteiger partial charge >= 0.3 is 0 Å². The summed E-state index contributed by atoms with van der Waals surface area (Å²) in [6.07, 6.45) is 4.53. The molecule has 0 bridgehead atoms. The van der Waals surface area contributed by atoms with Crippen LogP contribution in [0.4, 0.5) is 0 Å². The molecule has 1 atom stereocenters. The van der Waals surface area contributed by atoms with Crippen molar-refractivity contribution in [2.45, 2.75) is 32.1 Å². The third-order valence-electron chi connectivity index (χ3n) is 2.19. The molecule has 11 heavy (non-hydrogen) atoms. The lowest BCUT2D eigenvalue weighted by atomic mass is 10.0. The molecule has 1 saturated carbocycles. The monoisotopic (exact) mass is 152 g/mol. The van der Waals surface area contributed by atoms with Gasteiger partial charge in [-0.05, 0) is 25.7 Å². The highest BCUT2D eigenvalue weighted by molar-refractivity contribution is 5.87. The molecule has 1 aliphatic rings. The van der Waals surface area contributed by atoms with Gasteiger partial charge in [-0.1, -0.05) is 5.16 Å². The average Bonchev–Trinajstić information content (AvgIpc) is 2.47. The molecule has 0 spiro atoms. The molecule has 0 aromatic carbocycles. The summed E-state index contributed by atoms with van der Waals surface area (Å²) in [6, 6.07) is 2.10. The van der Waals surface area contributed by atoms with Crippen molar-refractivity contribution < 1.29 is 5.21 Å². The van der Waals surface area contributed by atoms with Crippen molar-refractivity contribution in [1.82, 2.24) is 0 Å². The van der Waals surface area contributed by atoms with Crippen LogP contribution in [0.2, 0.25) is 0 Å². The summed E-state index contributed by atoms with van der Waals surface area (Å²) in [4.78, 5) is 0. The molecule has 1 N–H and O–H groups in total. The Kier molecular flexibility index (Phi) is 2.91. The second kappa shape index (κ2) is 3.97. The van der Waals surface area contributed by atoms with E-state index in [4.69, 9.17) is 10.5 Å². The Morgan fingerprint density at radius 3 is 3.18 bits per heavy atom. The summed E-state index contributed by atoms with van der Waals surface area (Å²) >= 11 is 0. The minimum atomic E-state index is 0.375. The summed E-state index contributed by atoms with van der Waals surface area (Å²) in [5.41, 5.74) is 0.889. The Labute approximate surface area is 66.3 Å². The zero-order valence-corrected chi connectivity index (χ0v) is 6.45. The van der Waals surface area contributed by atoms with Gasteiger partial charge in [0.1, 0.15) is 0 Å². The van der Waals surface area contributed by atoms with Crippen molar-refractivity contribution in [2.75, 3.05) is 0 Å². The molecule has 0 aliphatic heterocycles. The number of nitriles is 1. The molecule has 1 rings (SSSR count). The number of nitrogens with zero attached hydrogens (tertiary/aromatic N) is 2. The van der Waals surface area contributed by atoms with Crippen LogP contribution < -0.4 is 0 Å². The quantitative estimate of drug-likeness (QED) is 0.485. The van der Waals surface area contributed by atoms with Crippen LogP contribution in [-0.4, -0.2) is 10.9 Å². The van der Waals surface area contributed by atoms with Crippen molar-refractivity contribution in [3.63, 3.8) is 0 Å². The molecular formula is C8H12N2O. The first kappa shape index (κ1) is 8.06. The molecule has 1 fully saturated rings. The fourth-order valence-corrected chi connectivity index (χ4v) is 1.58. The maximum atomic E-state index is 8.54. The van der Waals surface area contributed by atoms with Crippen LogP contribution in [0.3, 0.4) is 0 Å². The van der Waals surface area contributed by atoms with E-state index in [-0.39, 0.29) is 0 Å². The molecule has 1 unspecified atom stereocenters. The zero-order chi connectivity index (χ0) is 8.10. The molecular weight excluding hydrogens is 140 g/mol. The molecule has 0 heterocycles. The normalized spacial score (nSPS) is 27.2. The Morgan fingerprint density at radius 1 is 1.73 bits per heavy atom. The van der Waals surface area contributed by atoms with E-state index in [9.17, 15) is 0 Å². The van der Waals surface area contributed by atoms with Crippen molar-refractivity contribution in [3.8, 4) is 6.07 Å². The van der Waals surface area contributed by atoms with Gasteiger partial charge in [-0.25, -0.2) is 0 Å². The van der Waals surface area contributed by atoms with Crippen LogP contribution in [0.25, 0.3) is 0 Å². The van der Waals surface area contributed by atoms with Crippen molar-refractivity contribution in [1.29, 1.82) is 5.26 Å². The molecule has 3 heteroatoms. The highest BCUT2D eigenvalue weighted by atomic mass is 16.4. The fourth-order valence-electron chi connectivity index (χ4n) is 1.58. The highest BCUT2D eigenvalue weighted by Crippen LogP contribution is 2.26. The number of rotatable bonds is 2. The van der Waals surface area contributed by atoms with Gasteiger partial charge in [0, 0.05) is 12.3 Å². The Morgan fingerprint density at radius 2 is 2.55 bits per heavy atom. The van der Waals surface area contributed by atoms with E-state index in [2.05, 4.69) is 11.2 Å². The third kappa shape index (κ3) is 1.94. The standard InChI is InChI=1S/C8H12N2O/c9-6-2-4-7-3-1-5-8(7)10-11/h7,11H,1-5H2/b10-8+. The second-order valence-electron chi connectivity index (χ2n) is 2.88. The summed E-state index contributed by atoms with van der Waals surface area (Å²) < 4.78 is 0. The van der Waals surface area contributed by atoms with Gasteiger partial charge in [0.05, 0.1) is 11.8 Å². The Hall–Kier alpha value is -1.04. The minimum absolute atomic E-state index is 0.375. The molecule has 0 radical (unpaired) electrons. The van der Waals surface area contributed by atoms with Crippen molar-refractivity contribution in [2.24, 2.45) is 11.1 Å². The van der Waals surface area contributed by atoms with E-state index >= 15 is 0 Å². The Bertz CT molecular complexity index is 193. The van der Waals surface area contributed by atoms with Crippen molar-refractivity contribution >= 4 is 5.71 Å². The van der Waals surface area contributed by atoms with E-state index in [0.717, 1.165) is 31.4 Å². The molecule has 60 valence electrons. The van der Waals surface area contributed by atoms with Gasteiger partial charge in [0.15, 0.2) is 0 Å². The van der Waals surface area contributed by atoms with Gasteiger partial charge in [-0.15, -0.1) is 0 Å². The highest BCUT2D eigenvalue weighted by Gasteiger charge is 2.22. The number of hydrogen-bond donors (Lipinski definition) is 1. The molecule has 0 aromatic rings. The number of hydrogen-bond acceptors (Lipinski definition) is 3. The average molecular weight is 152 g/mol. The van der Waals surface area contributed by atoms with E-state index < -0.39 is 0 Å². The first-order chi connectivity index (χ1) is 5.38. The van der Waals surface area contributed by atoms with Crippen LogP contribution in [0.5, 0.6) is 0 Å². The van der Waals surface area contributed by atoms with E-state index in [1.165, 1.54) is 0 Å². The maximum Gasteiger partial charge on any atom is 0.0621 e. The van der Waals surface area contributed by atoms with Gasteiger partial charge in [0.25, 0.3) is 0 Å². The van der Waals surface area contributed by atoms with Crippen LogP contribution in [0.1, 0.15) is 32.1 Å². The summed E-state index contributed by atoms with van der Waals surface area (Å²) in [6.45, 7) is 0. The van der Waals surface area contributed by atoms with Gasteiger partial charge in [0.2, 0.25) is 0 Å². The molecule has 3 nitrogen and oxygen atoms in total. The topological polar surface area (TPSA) is 56.4 Å². The van der Waals surface area contributed by atoms with E-state index in [0.29, 0.717) is 12.3 Å². The minimum Gasteiger partial charge on any atom is -0.411 e. The lowest BCUT2D eigenvalue weighted by Crippen LogP contribution is -2.05. The summed E-state index contributed by atoms with van der Waals surface area (Å²) in [7, 11) is 0. The van der Waals surface area contributed by atoms with Crippen LogP contribution in [0, 0.1) is 17.2 Å². The van der Waals surface area contributed by atoms with Gasteiger partial charge in [-0.2, -0.15) is 5.26 Å². The molecule has 0 amide bonds. The smallest absolute Gasteiger partial charge is 0.0621 e. The first-order valence-electron chi connectivity index (χ1n) is 3.96. The fraction of sp³-hybridized carbons (Fsp3) is 0.750. The predicted molar refractivity (Wildman–Crippen MR) is 41.4 cm³/mol. The Balaban J connectivity index is 2.39. The molecule has 1 aliphatic carbocycles. The maximum absolute atomic E-state index is 8.54. The van der Waals surface area contributed by atoms with E-state index in [1.54, 1.807) is 0 Å². The van der Waals surface area contributed by atoms with Crippen LogP contribution in [0.15, 0.2) is 5.16 Å². The predicted octanol–water partition coefficient (Wildman–Crippen LogP) is 1.92. The lowest BCUT2D eigenvalue weighted by molar-refractivity contribution is 0.314.